The van der Waals surface area contributed by atoms with Crippen molar-refractivity contribution in [1.29, 1.82) is 0 Å². The van der Waals surface area contributed by atoms with Crippen molar-refractivity contribution in [2.75, 3.05) is 24.6 Å². The quantitative estimate of drug-likeness (QED) is 0.864. The zero-order valence-corrected chi connectivity index (χ0v) is 10.6. The molecule has 1 aliphatic heterocycles. The van der Waals surface area contributed by atoms with Crippen LogP contribution < -0.4 is 4.90 Å². The molecule has 0 aromatic heterocycles. The maximum absolute atomic E-state index is 9.63. The first-order valence-corrected chi connectivity index (χ1v) is 6.78. The summed E-state index contributed by atoms with van der Waals surface area (Å²) in [6, 6.07) is 6.85. The highest BCUT2D eigenvalue weighted by Crippen LogP contribution is 2.44. The van der Waals surface area contributed by atoms with Crippen LogP contribution in [0.3, 0.4) is 0 Å². The van der Waals surface area contributed by atoms with E-state index < -0.39 is 0 Å². The second kappa shape index (κ2) is 4.02. The van der Waals surface area contributed by atoms with E-state index in [-0.39, 0.29) is 5.41 Å². The molecule has 1 aliphatic carbocycles. The molecule has 2 heteroatoms. The molecule has 1 heterocycles. The fourth-order valence-electron chi connectivity index (χ4n) is 3.27. The van der Waals surface area contributed by atoms with Gasteiger partial charge in [0.2, 0.25) is 0 Å². The Labute approximate surface area is 103 Å². The molecule has 0 radical (unpaired) electrons. The number of hydrogen-bond acceptors (Lipinski definition) is 2. The largest absolute Gasteiger partial charge is 0.395 e. The third kappa shape index (κ3) is 1.58. The lowest BCUT2D eigenvalue weighted by molar-refractivity contribution is 0.120. The minimum Gasteiger partial charge on any atom is -0.395 e. The predicted octanol–water partition coefficient (Wildman–Crippen LogP) is 2.48. The van der Waals surface area contributed by atoms with Gasteiger partial charge in [-0.25, -0.2) is 0 Å². The molecule has 1 aromatic carbocycles. The number of aliphatic hydroxyl groups excluding tert-OH is 1. The van der Waals surface area contributed by atoms with Crippen molar-refractivity contribution in [2.24, 2.45) is 0 Å². The first-order chi connectivity index (χ1) is 8.29. The molecule has 0 unspecified atom stereocenters. The van der Waals surface area contributed by atoms with Gasteiger partial charge >= 0.3 is 0 Å². The topological polar surface area (TPSA) is 23.5 Å². The Hall–Kier alpha value is -1.02. The van der Waals surface area contributed by atoms with E-state index in [1.807, 2.05) is 0 Å². The Morgan fingerprint density at radius 1 is 1.35 bits per heavy atom. The predicted molar refractivity (Wildman–Crippen MR) is 70.6 cm³/mol. The standard InChI is InChI=1S/C15H21NO/c1-2-16-9-6-12-10-13(4-5-14(12)16)15(11-17)7-3-8-15/h4-5,10,17H,2-3,6-9,11H2,1H3. The van der Waals surface area contributed by atoms with Crippen LogP contribution in [0, 0.1) is 0 Å². The van der Waals surface area contributed by atoms with Gasteiger partial charge in [0.1, 0.15) is 0 Å². The second-order valence-corrected chi connectivity index (χ2v) is 5.47. The van der Waals surface area contributed by atoms with Crippen LogP contribution in [0.5, 0.6) is 0 Å². The van der Waals surface area contributed by atoms with E-state index in [1.54, 1.807) is 0 Å². The van der Waals surface area contributed by atoms with Gasteiger partial charge in [-0.05, 0) is 43.4 Å². The molecular weight excluding hydrogens is 210 g/mol. The van der Waals surface area contributed by atoms with E-state index in [9.17, 15) is 5.11 Å². The lowest BCUT2D eigenvalue weighted by Crippen LogP contribution is -2.37. The minimum absolute atomic E-state index is 0.0919. The highest BCUT2D eigenvalue weighted by molar-refractivity contribution is 5.59. The van der Waals surface area contributed by atoms with Gasteiger partial charge < -0.3 is 10.0 Å². The van der Waals surface area contributed by atoms with Crippen molar-refractivity contribution in [2.45, 2.75) is 38.0 Å². The van der Waals surface area contributed by atoms with Crippen LogP contribution in [-0.4, -0.2) is 24.8 Å². The van der Waals surface area contributed by atoms with E-state index in [0.29, 0.717) is 6.61 Å². The number of hydrogen-bond donors (Lipinski definition) is 1. The third-order valence-electron chi connectivity index (χ3n) is 4.68. The maximum atomic E-state index is 9.63. The molecule has 1 fully saturated rings. The Kier molecular flexibility index (Phi) is 2.62. The monoisotopic (exact) mass is 231 g/mol. The molecule has 92 valence electrons. The summed E-state index contributed by atoms with van der Waals surface area (Å²) in [6.45, 7) is 4.77. The van der Waals surface area contributed by atoms with Gasteiger partial charge in [0.15, 0.2) is 0 Å². The van der Waals surface area contributed by atoms with Crippen LogP contribution in [0.1, 0.15) is 37.3 Å². The normalized spacial score (nSPS) is 21.2. The van der Waals surface area contributed by atoms with E-state index >= 15 is 0 Å². The number of nitrogens with zero attached hydrogens (tertiary/aromatic N) is 1. The van der Waals surface area contributed by atoms with E-state index in [2.05, 4.69) is 30.0 Å². The molecule has 1 aromatic rings. The highest BCUT2D eigenvalue weighted by Gasteiger charge is 2.38. The first-order valence-electron chi connectivity index (χ1n) is 6.78. The highest BCUT2D eigenvalue weighted by atomic mass is 16.3. The van der Waals surface area contributed by atoms with Gasteiger partial charge in [-0.1, -0.05) is 18.6 Å². The van der Waals surface area contributed by atoms with Crippen LogP contribution in [0.4, 0.5) is 5.69 Å². The lowest BCUT2D eigenvalue weighted by atomic mass is 9.65. The van der Waals surface area contributed by atoms with Crippen molar-refractivity contribution >= 4 is 5.69 Å². The second-order valence-electron chi connectivity index (χ2n) is 5.47. The van der Waals surface area contributed by atoms with Crippen molar-refractivity contribution < 1.29 is 5.11 Å². The van der Waals surface area contributed by atoms with Crippen molar-refractivity contribution in [1.82, 2.24) is 0 Å². The number of rotatable bonds is 3. The molecule has 0 bridgehead atoms. The molecule has 1 saturated carbocycles. The maximum Gasteiger partial charge on any atom is 0.0527 e. The minimum atomic E-state index is 0.0919. The molecule has 2 nitrogen and oxygen atoms in total. The molecule has 2 aliphatic rings. The number of fused-ring (bicyclic) bond motifs is 1. The van der Waals surface area contributed by atoms with Gasteiger partial charge in [-0.3, -0.25) is 0 Å². The van der Waals surface area contributed by atoms with Crippen molar-refractivity contribution in [3.8, 4) is 0 Å². The van der Waals surface area contributed by atoms with Crippen LogP contribution in [0.25, 0.3) is 0 Å². The SMILES string of the molecule is CCN1CCc2cc(C3(CO)CCC3)ccc21. The van der Waals surface area contributed by atoms with Gasteiger partial charge in [0, 0.05) is 24.2 Å². The summed E-state index contributed by atoms with van der Waals surface area (Å²) in [4.78, 5) is 2.44. The summed E-state index contributed by atoms with van der Waals surface area (Å²) in [5.74, 6) is 0. The molecule has 0 atom stereocenters. The fourth-order valence-corrected chi connectivity index (χ4v) is 3.27. The summed E-state index contributed by atoms with van der Waals surface area (Å²) < 4.78 is 0. The van der Waals surface area contributed by atoms with E-state index in [0.717, 1.165) is 25.9 Å². The summed E-state index contributed by atoms with van der Waals surface area (Å²) in [5.41, 5.74) is 4.34. The number of likely N-dealkylation sites (N-methyl/N-ethyl adjacent to an activating group) is 1. The molecule has 0 saturated heterocycles. The Bertz CT molecular complexity index is 417. The summed E-state index contributed by atoms with van der Waals surface area (Å²) in [6.07, 6.45) is 4.73. The van der Waals surface area contributed by atoms with Crippen LogP contribution in [0.2, 0.25) is 0 Å². The molecule has 1 N–H and O–H groups in total. The Balaban J connectivity index is 1.94. The van der Waals surface area contributed by atoms with Crippen LogP contribution in [-0.2, 0) is 11.8 Å². The first kappa shape index (κ1) is 11.1. The lowest BCUT2D eigenvalue weighted by Gasteiger charge is -2.41. The Morgan fingerprint density at radius 2 is 2.18 bits per heavy atom. The molecular formula is C15H21NO. The van der Waals surface area contributed by atoms with Gasteiger partial charge in [0.05, 0.1) is 6.61 Å². The third-order valence-corrected chi connectivity index (χ3v) is 4.68. The van der Waals surface area contributed by atoms with Crippen molar-refractivity contribution in [3.05, 3.63) is 29.3 Å². The fraction of sp³-hybridized carbons (Fsp3) is 0.600. The van der Waals surface area contributed by atoms with Crippen LogP contribution >= 0.6 is 0 Å². The van der Waals surface area contributed by atoms with Crippen molar-refractivity contribution in [3.63, 3.8) is 0 Å². The zero-order valence-electron chi connectivity index (χ0n) is 10.6. The zero-order chi connectivity index (χ0) is 11.9. The molecule has 17 heavy (non-hydrogen) atoms. The number of benzene rings is 1. The van der Waals surface area contributed by atoms with Gasteiger partial charge in [0.25, 0.3) is 0 Å². The molecule has 0 amide bonds. The number of anilines is 1. The molecule has 3 rings (SSSR count). The van der Waals surface area contributed by atoms with Crippen LogP contribution in [0.15, 0.2) is 18.2 Å². The Morgan fingerprint density at radius 3 is 2.76 bits per heavy atom. The summed E-state index contributed by atoms with van der Waals surface area (Å²) >= 11 is 0. The van der Waals surface area contributed by atoms with E-state index in [1.165, 1.54) is 29.7 Å². The van der Waals surface area contributed by atoms with E-state index in [4.69, 9.17) is 0 Å². The van der Waals surface area contributed by atoms with Gasteiger partial charge in [-0.15, -0.1) is 0 Å². The summed E-state index contributed by atoms with van der Waals surface area (Å²) in [5, 5.41) is 9.63. The average Bonchev–Trinajstić information content (AvgIpc) is 2.70. The summed E-state index contributed by atoms with van der Waals surface area (Å²) in [7, 11) is 0. The average molecular weight is 231 g/mol. The molecule has 0 spiro atoms. The number of aliphatic hydroxyl groups is 1. The van der Waals surface area contributed by atoms with Gasteiger partial charge in [-0.2, -0.15) is 0 Å². The smallest absolute Gasteiger partial charge is 0.0527 e.